The Labute approximate surface area is 115 Å². The Morgan fingerprint density at radius 2 is 1.67 bits per heavy atom. The number of hydrogen-bond acceptors (Lipinski definition) is 3. The van der Waals surface area contributed by atoms with E-state index in [1.54, 1.807) is 0 Å². The molecular formula is C11H12F6N2O2. The fourth-order valence-corrected chi connectivity index (χ4v) is 1.40. The van der Waals surface area contributed by atoms with Gasteiger partial charge in [0.15, 0.2) is 5.69 Å². The van der Waals surface area contributed by atoms with Gasteiger partial charge in [-0.3, -0.25) is 4.79 Å². The number of nitrogens with zero attached hydrogens (tertiary/aromatic N) is 2. The highest BCUT2D eigenvalue weighted by molar-refractivity contribution is 5.69. The van der Waals surface area contributed by atoms with Crippen LogP contribution >= 0.6 is 0 Å². The molecule has 0 aliphatic heterocycles. The molecular weight excluding hydrogens is 306 g/mol. The third kappa shape index (κ3) is 4.94. The van der Waals surface area contributed by atoms with Crippen molar-refractivity contribution in [2.45, 2.75) is 45.3 Å². The molecule has 0 radical (unpaired) electrons. The van der Waals surface area contributed by atoms with Gasteiger partial charge in [-0.25, -0.2) is 4.68 Å². The minimum Gasteiger partial charge on any atom is -0.459 e. The molecule has 120 valence electrons. The van der Waals surface area contributed by atoms with Crippen LogP contribution in [-0.4, -0.2) is 21.4 Å². The van der Waals surface area contributed by atoms with Gasteiger partial charge in [0.05, 0.1) is 0 Å². The molecule has 21 heavy (non-hydrogen) atoms. The average molecular weight is 318 g/mol. The third-order valence-electron chi connectivity index (χ3n) is 2.06. The van der Waals surface area contributed by atoms with Gasteiger partial charge < -0.3 is 4.74 Å². The lowest BCUT2D eigenvalue weighted by Crippen LogP contribution is -2.28. The summed E-state index contributed by atoms with van der Waals surface area (Å²) < 4.78 is 79.9. The second-order valence-electron chi connectivity index (χ2n) is 5.15. The lowest BCUT2D eigenvalue weighted by atomic mass is 10.2. The van der Waals surface area contributed by atoms with Gasteiger partial charge >= 0.3 is 18.3 Å². The fourth-order valence-electron chi connectivity index (χ4n) is 1.40. The molecule has 0 saturated carbocycles. The van der Waals surface area contributed by atoms with Crippen molar-refractivity contribution in [1.29, 1.82) is 0 Å². The molecule has 10 heteroatoms. The predicted octanol–water partition coefficient (Wildman–Crippen LogP) is 3.26. The zero-order valence-electron chi connectivity index (χ0n) is 11.3. The lowest BCUT2D eigenvalue weighted by Gasteiger charge is -2.20. The zero-order chi connectivity index (χ0) is 16.6. The maximum atomic E-state index is 12.7. The summed E-state index contributed by atoms with van der Waals surface area (Å²) in [6.45, 7) is 3.35. The van der Waals surface area contributed by atoms with Crippen LogP contribution in [-0.2, 0) is 28.4 Å². The number of hydrogen-bond donors (Lipinski definition) is 0. The molecule has 4 nitrogen and oxygen atoms in total. The normalized spacial score (nSPS) is 13.4. The molecule has 1 aromatic rings. The van der Waals surface area contributed by atoms with Crippen LogP contribution in [0.4, 0.5) is 26.3 Å². The predicted molar refractivity (Wildman–Crippen MR) is 58.1 cm³/mol. The monoisotopic (exact) mass is 318 g/mol. The molecule has 0 bridgehead atoms. The highest BCUT2D eigenvalue weighted by atomic mass is 19.4. The van der Waals surface area contributed by atoms with Gasteiger partial charge in [0.1, 0.15) is 17.8 Å². The van der Waals surface area contributed by atoms with E-state index in [9.17, 15) is 31.1 Å². The van der Waals surface area contributed by atoms with Gasteiger partial charge in [-0.2, -0.15) is 31.4 Å². The molecule has 0 unspecified atom stereocenters. The Morgan fingerprint density at radius 3 is 2.05 bits per heavy atom. The maximum Gasteiger partial charge on any atom is 0.435 e. The van der Waals surface area contributed by atoms with Crippen molar-refractivity contribution in [3.05, 3.63) is 17.5 Å². The molecule has 0 aromatic carbocycles. The molecule has 0 saturated heterocycles. The average Bonchev–Trinajstić information content (AvgIpc) is 2.56. The molecule has 1 rings (SSSR count). The van der Waals surface area contributed by atoms with Gasteiger partial charge in [0.25, 0.3) is 0 Å². The van der Waals surface area contributed by atoms with Gasteiger partial charge in [0, 0.05) is 6.07 Å². The minimum absolute atomic E-state index is 0.0586. The van der Waals surface area contributed by atoms with Crippen LogP contribution in [0.5, 0.6) is 0 Å². The molecule has 0 spiro atoms. The zero-order valence-corrected chi connectivity index (χ0v) is 11.3. The van der Waals surface area contributed by atoms with Crippen molar-refractivity contribution in [2.24, 2.45) is 0 Å². The van der Waals surface area contributed by atoms with Gasteiger partial charge in [-0.05, 0) is 20.8 Å². The number of aromatic nitrogens is 2. The van der Waals surface area contributed by atoms with E-state index in [1.165, 1.54) is 20.8 Å². The molecule has 0 fully saturated rings. The third-order valence-corrected chi connectivity index (χ3v) is 2.06. The van der Waals surface area contributed by atoms with E-state index < -0.39 is 41.9 Å². The van der Waals surface area contributed by atoms with Crippen molar-refractivity contribution >= 4 is 5.97 Å². The molecule has 0 atom stereocenters. The van der Waals surface area contributed by atoms with E-state index in [2.05, 4.69) is 5.10 Å². The number of rotatable bonds is 2. The molecule has 1 aromatic heterocycles. The second-order valence-corrected chi connectivity index (χ2v) is 5.15. The van der Waals surface area contributed by atoms with Gasteiger partial charge in [-0.1, -0.05) is 0 Å². The Balaban J connectivity index is 3.11. The first kappa shape index (κ1) is 17.3. The van der Waals surface area contributed by atoms with E-state index in [4.69, 9.17) is 4.74 Å². The lowest BCUT2D eigenvalue weighted by molar-refractivity contribution is -0.158. The topological polar surface area (TPSA) is 44.1 Å². The molecule has 1 heterocycles. The second kappa shape index (κ2) is 5.23. The van der Waals surface area contributed by atoms with E-state index in [-0.39, 0.29) is 10.7 Å². The minimum atomic E-state index is -5.07. The van der Waals surface area contributed by atoms with E-state index in [1.807, 2.05) is 0 Å². The van der Waals surface area contributed by atoms with Crippen molar-refractivity contribution in [3.8, 4) is 0 Å². The molecule has 0 amide bonds. The van der Waals surface area contributed by atoms with Crippen LogP contribution in [0.2, 0.25) is 0 Å². The Bertz CT molecular complexity index is 524. The summed E-state index contributed by atoms with van der Waals surface area (Å²) in [7, 11) is 0. The summed E-state index contributed by atoms with van der Waals surface area (Å²) >= 11 is 0. The Kier molecular flexibility index (Phi) is 4.31. The number of carbonyl (C=O) groups is 1. The van der Waals surface area contributed by atoms with Crippen LogP contribution in [0, 0.1) is 0 Å². The van der Waals surface area contributed by atoms with Crippen molar-refractivity contribution in [2.75, 3.05) is 0 Å². The van der Waals surface area contributed by atoms with E-state index in [0.29, 0.717) is 0 Å². The van der Waals surface area contributed by atoms with Crippen LogP contribution < -0.4 is 0 Å². The van der Waals surface area contributed by atoms with Crippen LogP contribution in [0.1, 0.15) is 32.2 Å². The summed E-state index contributed by atoms with van der Waals surface area (Å²) in [6.07, 6.45) is -10.1. The van der Waals surface area contributed by atoms with Crippen LogP contribution in [0.3, 0.4) is 0 Å². The largest absolute Gasteiger partial charge is 0.459 e. The van der Waals surface area contributed by atoms with Gasteiger partial charge in [0.2, 0.25) is 0 Å². The number of carbonyl (C=O) groups excluding carboxylic acids is 1. The Morgan fingerprint density at radius 1 is 1.14 bits per heavy atom. The van der Waals surface area contributed by atoms with Crippen LogP contribution in [0.15, 0.2) is 6.07 Å². The summed E-state index contributed by atoms with van der Waals surface area (Å²) in [6, 6.07) is -0.148. The first-order chi connectivity index (χ1) is 9.20. The SMILES string of the molecule is CC(C)(C)OC(=O)Cn1nc(C(F)(F)F)cc1C(F)(F)F. The first-order valence-corrected chi connectivity index (χ1v) is 5.64. The summed E-state index contributed by atoms with van der Waals surface area (Å²) in [4.78, 5) is 11.4. The van der Waals surface area contributed by atoms with Crippen molar-refractivity contribution < 1.29 is 35.9 Å². The van der Waals surface area contributed by atoms with Crippen molar-refractivity contribution in [3.63, 3.8) is 0 Å². The number of ether oxygens (including phenoxy) is 1. The molecule has 0 N–H and O–H groups in total. The van der Waals surface area contributed by atoms with Gasteiger partial charge in [-0.15, -0.1) is 0 Å². The summed E-state index contributed by atoms with van der Waals surface area (Å²) in [5.41, 5.74) is -4.37. The maximum absolute atomic E-state index is 12.7. The summed E-state index contributed by atoms with van der Waals surface area (Å²) in [5.74, 6) is -1.12. The molecule has 0 aliphatic carbocycles. The standard InChI is InChI=1S/C11H12F6N2O2/c1-9(2,3)21-8(20)5-19-7(11(15,16)17)4-6(18-19)10(12,13)14/h4H,5H2,1-3H3. The number of halogens is 6. The highest BCUT2D eigenvalue weighted by Crippen LogP contribution is 2.35. The van der Waals surface area contributed by atoms with Crippen molar-refractivity contribution in [1.82, 2.24) is 9.78 Å². The van der Waals surface area contributed by atoms with Crippen LogP contribution in [0.25, 0.3) is 0 Å². The number of alkyl halides is 6. The fraction of sp³-hybridized carbons (Fsp3) is 0.636. The first-order valence-electron chi connectivity index (χ1n) is 5.64. The molecule has 0 aliphatic rings. The van der Waals surface area contributed by atoms with E-state index in [0.717, 1.165) is 0 Å². The quantitative estimate of drug-likeness (QED) is 0.621. The van der Waals surface area contributed by atoms with E-state index >= 15 is 0 Å². The smallest absolute Gasteiger partial charge is 0.435 e. The highest BCUT2D eigenvalue weighted by Gasteiger charge is 2.42. The summed E-state index contributed by atoms with van der Waals surface area (Å²) in [5, 5.41) is 2.79. The Hall–Kier alpha value is -1.74. The number of esters is 1.